The monoisotopic (exact) mass is 632 g/mol. The minimum Gasteiger partial charge on any atom is -0.365 e. The Hall–Kier alpha value is -5.11. The number of nitrogens with zero attached hydrogens (tertiary/aromatic N) is 6. The van der Waals surface area contributed by atoms with E-state index in [-0.39, 0.29) is 31.9 Å². The van der Waals surface area contributed by atoms with Crippen LogP contribution in [-0.4, -0.2) is 41.3 Å². The van der Waals surface area contributed by atoms with Crippen LogP contribution in [0.4, 0.5) is 18.9 Å². The number of nitrogens with two attached hydrogens (primary N) is 1. The fourth-order valence-electron chi connectivity index (χ4n) is 5.39. The van der Waals surface area contributed by atoms with Crippen molar-refractivity contribution in [2.45, 2.75) is 47.0 Å². The molecule has 5 heterocycles. The Kier molecular flexibility index (Phi) is 7.39. The summed E-state index contributed by atoms with van der Waals surface area (Å²) in [6.07, 6.45) is -1.46. The molecule has 0 fully saturated rings. The molecule has 0 unspecified atom stereocenters. The average Bonchev–Trinajstić information content (AvgIpc) is 3.69. The predicted octanol–water partition coefficient (Wildman–Crippen LogP) is 6.60. The van der Waals surface area contributed by atoms with E-state index in [1.807, 2.05) is 27.0 Å². The van der Waals surface area contributed by atoms with E-state index in [0.29, 0.717) is 52.3 Å². The van der Waals surface area contributed by atoms with E-state index in [9.17, 15) is 22.8 Å². The van der Waals surface area contributed by atoms with Crippen molar-refractivity contribution in [3.8, 4) is 22.4 Å². The molecule has 0 radical (unpaired) electrons. The Balaban J connectivity index is 1.57. The van der Waals surface area contributed by atoms with E-state index < -0.39 is 23.7 Å². The first-order chi connectivity index (χ1) is 21.4. The molecule has 230 valence electrons. The Morgan fingerprint density at radius 1 is 1.02 bits per heavy atom. The number of amides is 2. The molecule has 0 saturated carbocycles. The molecule has 0 aliphatic carbocycles. The van der Waals surface area contributed by atoms with Crippen molar-refractivity contribution in [2.75, 3.05) is 5.32 Å². The van der Waals surface area contributed by atoms with Gasteiger partial charge < -0.3 is 11.1 Å². The molecule has 0 bridgehead atoms. The molecule has 1 aromatic carbocycles. The Bertz CT molecular complexity index is 2140. The molecule has 10 nitrogen and oxygen atoms in total. The highest BCUT2D eigenvalue weighted by Gasteiger charge is 2.35. The highest BCUT2D eigenvalue weighted by molar-refractivity contribution is 7.21. The quantitative estimate of drug-likeness (QED) is 0.204. The molecule has 0 atom stereocenters. The molecule has 6 rings (SSSR count). The second-order valence-corrected chi connectivity index (χ2v) is 11.4. The van der Waals surface area contributed by atoms with Crippen molar-refractivity contribution < 1.29 is 22.8 Å². The third-order valence-electron chi connectivity index (χ3n) is 7.61. The highest BCUT2D eigenvalue weighted by atomic mass is 32.1. The van der Waals surface area contributed by atoms with Crippen LogP contribution >= 0.6 is 11.3 Å². The van der Waals surface area contributed by atoms with Crippen LogP contribution in [0.2, 0.25) is 0 Å². The fourth-order valence-corrected chi connectivity index (χ4v) is 6.40. The zero-order valence-corrected chi connectivity index (χ0v) is 25.5. The number of rotatable bonds is 7. The number of thiophene rings is 1. The van der Waals surface area contributed by atoms with Crippen molar-refractivity contribution in [1.82, 2.24) is 29.5 Å². The Labute approximate surface area is 258 Å². The summed E-state index contributed by atoms with van der Waals surface area (Å²) in [7, 11) is 0. The molecular formula is C31H27F3N8O2S. The number of carbonyl (C=O) groups is 2. The van der Waals surface area contributed by atoms with Crippen LogP contribution < -0.4 is 11.1 Å². The first-order valence-electron chi connectivity index (χ1n) is 14.0. The number of pyridine rings is 2. The van der Waals surface area contributed by atoms with Gasteiger partial charge in [0, 0.05) is 46.9 Å². The lowest BCUT2D eigenvalue weighted by molar-refractivity contribution is -0.140. The maximum absolute atomic E-state index is 14.1. The van der Waals surface area contributed by atoms with Crippen LogP contribution in [0, 0.1) is 13.8 Å². The summed E-state index contributed by atoms with van der Waals surface area (Å²) in [5.74, 6) is -1.53. The molecule has 14 heteroatoms. The van der Waals surface area contributed by atoms with Crippen molar-refractivity contribution in [3.63, 3.8) is 0 Å². The number of carbonyl (C=O) groups excluding carboxylic acids is 2. The summed E-state index contributed by atoms with van der Waals surface area (Å²) in [5, 5.41) is 12.3. The predicted molar refractivity (Wildman–Crippen MR) is 166 cm³/mol. The maximum atomic E-state index is 14.1. The Morgan fingerprint density at radius 3 is 2.42 bits per heavy atom. The lowest BCUT2D eigenvalue weighted by Gasteiger charge is -2.13. The average molecular weight is 633 g/mol. The molecule has 0 aliphatic heterocycles. The van der Waals surface area contributed by atoms with E-state index in [1.54, 1.807) is 46.6 Å². The van der Waals surface area contributed by atoms with E-state index in [4.69, 9.17) is 10.7 Å². The van der Waals surface area contributed by atoms with Gasteiger partial charge in [0.05, 0.1) is 34.4 Å². The van der Waals surface area contributed by atoms with Gasteiger partial charge in [-0.05, 0) is 51.5 Å². The minimum atomic E-state index is -4.77. The molecule has 45 heavy (non-hydrogen) atoms. The van der Waals surface area contributed by atoms with Gasteiger partial charge in [-0.1, -0.05) is 18.2 Å². The summed E-state index contributed by atoms with van der Waals surface area (Å²) < 4.78 is 45.4. The van der Waals surface area contributed by atoms with Gasteiger partial charge in [0.15, 0.2) is 0 Å². The zero-order valence-electron chi connectivity index (χ0n) is 24.7. The van der Waals surface area contributed by atoms with Crippen LogP contribution in [0.15, 0.2) is 48.8 Å². The van der Waals surface area contributed by atoms with Gasteiger partial charge in [-0.15, -0.1) is 11.3 Å². The van der Waals surface area contributed by atoms with E-state index in [2.05, 4.69) is 20.5 Å². The summed E-state index contributed by atoms with van der Waals surface area (Å²) in [5.41, 5.74) is 8.45. The number of benzene rings is 1. The number of anilines is 1. The first kappa shape index (κ1) is 29.9. The number of para-hydroxylation sites is 1. The number of hydrogen-bond acceptors (Lipinski definition) is 7. The van der Waals surface area contributed by atoms with Gasteiger partial charge in [-0.2, -0.15) is 23.4 Å². The third-order valence-corrected chi connectivity index (χ3v) is 8.71. The van der Waals surface area contributed by atoms with Crippen molar-refractivity contribution in [3.05, 3.63) is 76.3 Å². The number of primary amides is 1. The normalized spacial score (nSPS) is 11.9. The molecule has 0 spiro atoms. The van der Waals surface area contributed by atoms with Crippen LogP contribution in [0.5, 0.6) is 0 Å². The van der Waals surface area contributed by atoms with E-state index >= 15 is 0 Å². The van der Waals surface area contributed by atoms with E-state index in [1.165, 1.54) is 6.20 Å². The summed E-state index contributed by atoms with van der Waals surface area (Å²) in [4.78, 5) is 35.2. The van der Waals surface area contributed by atoms with Crippen LogP contribution in [0.3, 0.4) is 0 Å². The standard InChI is InChI=1S/C31H27F3N8O2S/c1-5-41-14-21(15(3)40-41)23-11-19(17-9-7-8-10-22(17)37-23)29(44)39-26-25-18(20-13-36-42(6-2)16(20)4)12-24(31(32,33)34)38-30(25)45-27(26)28(35)43/h7-14H,5-6H2,1-4H3,(H2,35,43)(H,39,44). The smallest absolute Gasteiger partial charge is 0.365 e. The molecule has 2 amide bonds. The number of fused-ring (bicyclic) bond motifs is 2. The summed E-state index contributed by atoms with van der Waals surface area (Å²) in [6, 6.07) is 9.64. The first-order valence-corrected chi connectivity index (χ1v) is 14.9. The zero-order chi connectivity index (χ0) is 32.2. The Morgan fingerprint density at radius 2 is 1.78 bits per heavy atom. The number of alkyl halides is 3. The lowest BCUT2D eigenvalue weighted by atomic mass is 10.0. The summed E-state index contributed by atoms with van der Waals surface area (Å²) >= 11 is 0.687. The molecule has 3 N–H and O–H groups in total. The maximum Gasteiger partial charge on any atom is 0.433 e. The number of aryl methyl sites for hydroxylation is 3. The number of nitrogens with one attached hydrogen (secondary N) is 1. The number of hydrogen-bond donors (Lipinski definition) is 2. The highest BCUT2D eigenvalue weighted by Crippen LogP contribution is 2.44. The van der Waals surface area contributed by atoms with Crippen molar-refractivity contribution >= 4 is 50.0 Å². The van der Waals surface area contributed by atoms with Crippen LogP contribution in [0.25, 0.3) is 43.5 Å². The van der Waals surface area contributed by atoms with Crippen LogP contribution in [0.1, 0.15) is 51.0 Å². The van der Waals surface area contributed by atoms with Gasteiger partial charge in [-0.25, -0.2) is 9.97 Å². The van der Waals surface area contributed by atoms with Gasteiger partial charge >= 0.3 is 6.18 Å². The van der Waals surface area contributed by atoms with E-state index in [0.717, 1.165) is 17.3 Å². The largest absolute Gasteiger partial charge is 0.433 e. The van der Waals surface area contributed by atoms with Gasteiger partial charge in [0.2, 0.25) is 0 Å². The second kappa shape index (κ2) is 11.1. The van der Waals surface area contributed by atoms with Gasteiger partial charge in [0.1, 0.15) is 15.4 Å². The summed E-state index contributed by atoms with van der Waals surface area (Å²) in [6.45, 7) is 8.53. The topological polar surface area (TPSA) is 134 Å². The molecule has 6 aromatic rings. The van der Waals surface area contributed by atoms with Crippen molar-refractivity contribution in [2.24, 2.45) is 5.73 Å². The number of halogens is 3. The van der Waals surface area contributed by atoms with Crippen molar-refractivity contribution in [1.29, 1.82) is 0 Å². The van der Waals surface area contributed by atoms with Gasteiger partial charge in [-0.3, -0.25) is 19.0 Å². The molecule has 0 aliphatic rings. The second-order valence-electron chi connectivity index (χ2n) is 10.4. The third kappa shape index (κ3) is 5.20. The molecular weight excluding hydrogens is 605 g/mol. The number of aromatic nitrogens is 6. The fraction of sp³-hybridized carbons (Fsp3) is 0.226. The molecule has 5 aromatic heterocycles. The lowest BCUT2D eigenvalue weighted by Crippen LogP contribution is -2.17. The van der Waals surface area contributed by atoms with Crippen LogP contribution in [-0.2, 0) is 19.3 Å². The SMILES string of the molecule is CCn1cc(-c2cc(C(=O)Nc3c(C(N)=O)sc4nc(C(F)(F)F)cc(-c5cnn(CC)c5C)c34)c3ccccc3n2)c(C)n1. The van der Waals surface area contributed by atoms with Gasteiger partial charge in [0.25, 0.3) is 11.8 Å². The molecule has 0 saturated heterocycles. The minimum absolute atomic E-state index is 0.0233.